The number of carbonyl (C=O) groups excluding carboxylic acids is 8. The monoisotopic (exact) mass is 820 g/mol. The van der Waals surface area contributed by atoms with Gasteiger partial charge in [-0.1, -0.05) is 32.0 Å². The van der Waals surface area contributed by atoms with Crippen LogP contribution in [0.4, 0.5) is 0 Å². The van der Waals surface area contributed by atoms with Gasteiger partial charge in [-0.2, -0.15) is 12.6 Å². The molecule has 0 fully saturated rings. The van der Waals surface area contributed by atoms with Crippen molar-refractivity contribution in [2.24, 2.45) is 17.4 Å². The molecular weight excluding hydrogens is 769 g/mol. The number of H-pyrrole nitrogens is 1. The standard InChI is InChI=1S/C35H52N10O11S/c1-16(2)9-23(44-30(50)21(36)15-57)32(52)40-17(3)29(49)43-25(11-27(37)47)31(51)39-13-28(48)42-26(14-46)34(54)45-24(33(53)41-18(4)35(55)56)10-19-12-38-22-8-6-5-7-20(19)22/h5-8,12,16-18,21,23-26,38,46,57H,9-11,13-15,36H2,1-4H3,(H2,37,47)(H,39,51)(H,40,52)(H,41,53)(H,42,48)(H,43,49)(H,44,50)(H,45,54)(H,55,56)/t17-,18-,21-,23-,24-,25-,26-/m0/s1. The molecule has 0 unspecified atom stereocenters. The van der Waals surface area contributed by atoms with E-state index in [0.29, 0.717) is 5.56 Å². The van der Waals surface area contributed by atoms with Crippen LogP contribution in [0.1, 0.15) is 46.1 Å². The topological polar surface area (TPSA) is 346 Å². The van der Waals surface area contributed by atoms with Crippen LogP contribution >= 0.6 is 12.6 Å². The number of aromatic nitrogens is 1. The number of hydrogen-bond donors (Lipinski definition) is 13. The first kappa shape index (κ1) is 47.4. The van der Waals surface area contributed by atoms with E-state index >= 15 is 0 Å². The summed E-state index contributed by atoms with van der Waals surface area (Å²) in [7, 11) is 0. The van der Waals surface area contributed by atoms with Crippen molar-refractivity contribution in [2.45, 2.75) is 89.3 Å². The van der Waals surface area contributed by atoms with Gasteiger partial charge in [0.15, 0.2) is 0 Å². The van der Waals surface area contributed by atoms with Gasteiger partial charge in [0.05, 0.1) is 25.6 Å². The van der Waals surface area contributed by atoms with Crippen molar-refractivity contribution >= 4 is 76.8 Å². The normalized spacial score (nSPS) is 14.7. The number of nitrogens with one attached hydrogen (secondary N) is 8. The Kier molecular flexibility index (Phi) is 18.9. The highest BCUT2D eigenvalue weighted by molar-refractivity contribution is 7.80. The van der Waals surface area contributed by atoms with E-state index in [1.165, 1.54) is 13.8 Å². The van der Waals surface area contributed by atoms with Crippen LogP contribution < -0.4 is 48.7 Å². The second kappa shape index (κ2) is 22.7. The number of nitrogens with two attached hydrogens (primary N) is 2. The number of carboxylic acid groups (broad SMARTS) is 1. The highest BCUT2D eigenvalue weighted by Gasteiger charge is 2.31. The second-order valence-corrected chi connectivity index (χ2v) is 14.0. The number of para-hydroxylation sites is 1. The minimum absolute atomic E-state index is 0.0214. The van der Waals surface area contributed by atoms with Crippen molar-refractivity contribution < 1.29 is 53.4 Å². The summed E-state index contributed by atoms with van der Waals surface area (Å²) in [6, 6.07) is -2.15. The molecule has 22 heteroatoms. The molecule has 0 aliphatic carbocycles. The van der Waals surface area contributed by atoms with Crippen LogP contribution in [0.2, 0.25) is 0 Å². The van der Waals surface area contributed by atoms with Crippen molar-refractivity contribution in [1.29, 1.82) is 0 Å². The molecule has 1 aromatic heterocycles. The van der Waals surface area contributed by atoms with E-state index in [1.807, 2.05) is 13.8 Å². The van der Waals surface area contributed by atoms with Gasteiger partial charge in [0.2, 0.25) is 47.3 Å². The zero-order valence-corrected chi connectivity index (χ0v) is 32.8. The quantitative estimate of drug-likeness (QED) is 0.0478. The van der Waals surface area contributed by atoms with E-state index in [-0.39, 0.29) is 24.5 Å². The maximum Gasteiger partial charge on any atom is 0.325 e. The summed E-state index contributed by atoms with van der Waals surface area (Å²) < 4.78 is 0. The molecule has 2 rings (SSSR count). The fraction of sp³-hybridized carbons (Fsp3) is 0.514. The molecule has 21 nitrogen and oxygen atoms in total. The summed E-state index contributed by atoms with van der Waals surface area (Å²) in [5.41, 5.74) is 12.3. The van der Waals surface area contributed by atoms with Crippen LogP contribution in [0.5, 0.6) is 0 Å². The molecule has 7 atom stereocenters. The number of rotatable bonds is 23. The lowest BCUT2D eigenvalue weighted by molar-refractivity contribution is -0.141. The Morgan fingerprint density at radius 1 is 0.737 bits per heavy atom. The van der Waals surface area contributed by atoms with Gasteiger partial charge < -0.3 is 63.9 Å². The van der Waals surface area contributed by atoms with Gasteiger partial charge >= 0.3 is 5.97 Å². The van der Waals surface area contributed by atoms with Gasteiger partial charge in [-0.15, -0.1) is 0 Å². The third kappa shape index (κ3) is 15.4. The van der Waals surface area contributed by atoms with Crippen LogP contribution in [0.15, 0.2) is 30.5 Å². The number of benzene rings is 1. The van der Waals surface area contributed by atoms with Crippen molar-refractivity contribution in [1.82, 2.24) is 42.2 Å². The lowest BCUT2D eigenvalue weighted by Crippen LogP contribution is -2.59. The Bertz CT molecular complexity index is 1790. The molecule has 1 aromatic carbocycles. The smallest absolute Gasteiger partial charge is 0.325 e. The fourth-order valence-corrected chi connectivity index (χ4v) is 5.42. The Morgan fingerprint density at radius 2 is 1.32 bits per heavy atom. The number of hydrogen-bond acceptors (Lipinski definition) is 12. The number of thiol groups is 1. The number of aliphatic hydroxyl groups is 1. The van der Waals surface area contributed by atoms with Crippen LogP contribution in [0.3, 0.4) is 0 Å². The predicted octanol–water partition coefficient (Wildman–Crippen LogP) is -3.97. The molecule has 314 valence electrons. The van der Waals surface area contributed by atoms with E-state index in [1.54, 1.807) is 30.5 Å². The van der Waals surface area contributed by atoms with Crippen molar-refractivity contribution in [3.05, 3.63) is 36.0 Å². The minimum Gasteiger partial charge on any atom is -0.480 e. The second-order valence-electron chi connectivity index (χ2n) is 13.7. The lowest BCUT2D eigenvalue weighted by atomic mass is 10.0. The first-order valence-corrected chi connectivity index (χ1v) is 18.5. The number of aliphatic carboxylic acids is 1. The van der Waals surface area contributed by atoms with Crippen LogP contribution in [0.25, 0.3) is 10.9 Å². The SMILES string of the molecule is CC(C)C[C@H](NC(=O)[C@@H](N)CS)C(=O)N[C@@H](C)C(=O)N[C@@H](CC(N)=O)C(=O)NCC(=O)N[C@@H](CO)C(=O)N[C@@H](Cc1c[nH]c2ccccc12)C(=O)N[C@@H](C)C(=O)O. The van der Waals surface area contributed by atoms with Crippen LogP contribution in [-0.2, 0) is 49.6 Å². The Balaban J connectivity index is 2.07. The summed E-state index contributed by atoms with van der Waals surface area (Å²) in [6.07, 6.45) is 0.997. The predicted molar refractivity (Wildman–Crippen MR) is 208 cm³/mol. The van der Waals surface area contributed by atoms with Gasteiger partial charge in [-0.25, -0.2) is 0 Å². The molecule has 1 heterocycles. The van der Waals surface area contributed by atoms with Gasteiger partial charge in [-0.3, -0.25) is 43.2 Å². The third-order valence-electron chi connectivity index (χ3n) is 8.38. The van der Waals surface area contributed by atoms with Gasteiger partial charge in [0.25, 0.3) is 0 Å². The first-order chi connectivity index (χ1) is 26.8. The number of carbonyl (C=O) groups is 9. The Morgan fingerprint density at radius 3 is 1.91 bits per heavy atom. The summed E-state index contributed by atoms with van der Waals surface area (Å²) in [5, 5.41) is 36.3. The van der Waals surface area contributed by atoms with Crippen molar-refractivity contribution in [3.8, 4) is 0 Å². The van der Waals surface area contributed by atoms with E-state index in [0.717, 1.165) is 10.9 Å². The molecule has 2 aromatic rings. The molecule has 0 bridgehead atoms. The maximum absolute atomic E-state index is 13.2. The van der Waals surface area contributed by atoms with Gasteiger partial charge in [0, 0.05) is 29.3 Å². The van der Waals surface area contributed by atoms with Crippen LogP contribution in [-0.4, -0.2) is 130 Å². The van der Waals surface area contributed by atoms with E-state index in [9.17, 15) is 53.4 Å². The average Bonchev–Trinajstić information content (AvgIpc) is 3.56. The maximum atomic E-state index is 13.2. The zero-order chi connectivity index (χ0) is 43.0. The highest BCUT2D eigenvalue weighted by Crippen LogP contribution is 2.19. The number of primary amides is 1. The van der Waals surface area contributed by atoms with Crippen molar-refractivity contribution in [2.75, 3.05) is 18.9 Å². The number of fused-ring (bicyclic) bond motifs is 1. The number of carboxylic acids is 1. The average molecular weight is 821 g/mol. The molecule has 57 heavy (non-hydrogen) atoms. The molecule has 14 N–H and O–H groups in total. The summed E-state index contributed by atoms with van der Waals surface area (Å²) >= 11 is 3.98. The zero-order valence-electron chi connectivity index (χ0n) is 31.9. The minimum atomic E-state index is -1.65. The molecular formula is C35H52N10O11S. The Hall–Kier alpha value is -5.74. The number of amides is 8. The fourth-order valence-electron chi connectivity index (χ4n) is 5.26. The molecule has 0 aliphatic rings. The number of aliphatic hydroxyl groups excluding tert-OH is 1. The molecule has 0 saturated carbocycles. The van der Waals surface area contributed by atoms with E-state index in [4.69, 9.17) is 11.5 Å². The summed E-state index contributed by atoms with van der Waals surface area (Å²) in [4.78, 5) is 117. The largest absolute Gasteiger partial charge is 0.480 e. The molecule has 0 spiro atoms. The van der Waals surface area contributed by atoms with E-state index in [2.05, 4.69) is 54.8 Å². The molecule has 0 radical (unpaired) electrons. The lowest BCUT2D eigenvalue weighted by Gasteiger charge is -2.25. The molecule has 0 saturated heterocycles. The first-order valence-electron chi connectivity index (χ1n) is 17.9. The molecule has 8 amide bonds. The highest BCUT2D eigenvalue weighted by atomic mass is 32.1. The number of aromatic amines is 1. The van der Waals surface area contributed by atoms with E-state index < -0.39 is 115 Å². The van der Waals surface area contributed by atoms with Crippen molar-refractivity contribution in [3.63, 3.8) is 0 Å². The third-order valence-corrected chi connectivity index (χ3v) is 8.78. The Labute approximate surface area is 333 Å². The summed E-state index contributed by atoms with van der Waals surface area (Å²) in [5.74, 6) is -8.55. The van der Waals surface area contributed by atoms with Crippen LogP contribution in [0, 0.1) is 5.92 Å². The van der Waals surface area contributed by atoms with Gasteiger partial charge in [0.1, 0.15) is 36.3 Å². The summed E-state index contributed by atoms with van der Waals surface area (Å²) in [6.45, 7) is 4.36. The molecule has 0 aliphatic heterocycles. The van der Waals surface area contributed by atoms with Gasteiger partial charge in [-0.05, 0) is 37.8 Å².